The number of amides is 1. The number of fused-ring (bicyclic) bond motifs is 1. The molecular formula is C22H26BrN3O2. The van der Waals surface area contributed by atoms with E-state index >= 15 is 0 Å². The van der Waals surface area contributed by atoms with Crippen LogP contribution in [0.3, 0.4) is 0 Å². The van der Waals surface area contributed by atoms with Gasteiger partial charge in [0.1, 0.15) is 0 Å². The Morgan fingerprint density at radius 1 is 1.36 bits per heavy atom. The first-order chi connectivity index (χ1) is 13.2. The molecule has 0 saturated carbocycles. The van der Waals surface area contributed by atoms with Crippen LogP contribution in [-0.4, -0.2) is 22.8 Å². The van der Waals surface area contributed by atoms with E-state index in [1.54, 1.807) is 6.08 Å². The molecule has 2 aromatic rings. The number of hydrogen-bond donors (Lipinski definition) is 2. The number of hydrogen-bond acceptors (Lipinski definition) is 3. The molecule has 0 radical (unpaired) electrons. The van der Waals surface area contributed by atoms with E-state index in [-0.39, 0.29) is 24.7 Å². The van der Waals surface area contributed by atoms with Gasteiger partial charge in [-0.3, -0.25) is 9.59 Å². The Bertz CT molecular complexity index is 1030. The first-order valence-electron chi connectivity index (χ1n) is 9.50. The molecule has 0 saturated heterocycles. The second-order valence-electron chi connectivity index (χ2n) is 7.49. The number of benzene rings is 1. The number of rotatable bonds is 5. The summed E-state index contributed by atoms with van der Waals surface area (Å²) >= 11 is 3.54. The zero-order valence-electron chi connectivity index (χ0n) is 16.7. The van der Waals surface area contributed by atoms with E-state index in [0.29, 0.717) is 22.9 Å². The summed E-state index contributed by atoms with van der Waals surface area (Å²) in [5, 5.41) is 3.88. The fourth-order valence-electron chi connectivity index (χ4n) is 3.72. The van der Waals surface area contributed by atoms with Crippen LogP contribution in [0.2, 0.25) is 0 Å². The van der Waals surface area contributed by atoms with Crippen molar-refractivity contribution in [1.82, 2.24) is 9.88 Å². The van der Waals surface area contributed by atoms with Gasteiger partial charge in [-0.25, -0.2) is 0 Å². The van der Waals surface area contributed by atoms with Crippen molar-refractivity contribution in [3.05, 3.63) is 56.8 Å². The van der Waals surface area contributed by atoms with E-state index in [0.717, 1.165) is 32.9 Å². The van der Waals surface area contributed by atoms with E-state index in [2.05, 4.69) is 51.9 Å². The fourth-order valence-corrected chi connectivity index (χ4v) is 4.17. The number of aryl methyl sites for hydroxylation is 1. The van der Waals surface area contributed by atoms with Crippen molar-refractivity contribution in [2.75, 3.05) is 6.54 Å². The maximum atomic E-state index is 13.0. The molecule has 3 N–H and O–H groups in total. The van der Waals surface area contributed by atoms with Crippen molar-refractivity contribution in [1.29, 1.82) is 0 Å². The topological polar surface area (TPSA) is 77.1 Å². The average molecular weight is 444 g/mol. The Kier molecular flexibility index (Phi) is 5.79. The highest BCUT2D eigenvalue weighted by Crippen LogP contribution is 2.31. The molecule has 1 aromatic carbocycles. The number of nitrogens with zero attached hydrogens (tertiary/aromatic N) is 1. The molecule has 1 heterocycles. The van der Waals surface area contributed by atoms with E-state index < -0.39 is 0 Å². The van der Waals surface area contributed by atoms with Crippen molar-refractivity contribution >= 4 is 38.5 Å². The molecule has 0 fully saturated rings. The van der Waals surface area contributed by atoms with Gasteiger partial charge in [0.25, 0.3) is 5.91 Å². The van der Waals surface area contributed by atoms with Crippen LogP contribution in [0.1, 0.15) is 55.6 Å². The molecule has 1 atom stereocenters. The minimum absolute atomic E-state index is 0.0312. The van der Waals surface area contributed by atoms with Crippen LogP contribution < -0.4 is 11.1 Å². The molecule has 3 rings (SSSR count). The smallest absolute Gasteiger partial charge is 0.252 e. The summed E-state index contributed by atoms with van der Waals surface area (Å²) in [5.74, 6) is -0.219. The summed E-state index contributed by atoms with van der Waals surface area (Å²) in [6.07, 6.45) is 5.12. The summed E-state index contributed by atoms with van der Waals surface area (Å²) < 4.78 is 3.07. The maximum Gasteiger partial charge on any atom is 0.252 e. The Morgan fingerprint density at radius 2 is 2.07 bits per heavy atom. The molecule has 0 aliphatic heterocycles. The van der Waals surface area contributed by atoms with Crippen LogP contribution >= 0.6 is 15.9 Å². The molecule has 1 aliphatic rings. The van der Waals surface area contributed by atoms with E-state index in [9.17, 15) is 9.59 Å². The molecule has 1 aliphatic carbocycles. The molecule has 0 bridgehead atoms. The third-order valence-electron chi connectivity index (χ3n) is 5.40. The lowest BCUT2D eigenvalue weighted by Gasteiger charge is -2.16. The highest BCUT2D eigenvalue weighted by atomic mass is 79.9. The van der Waals surface area contributed by atoms with Gasteiger partial charge in [-0.1, -0.05) is 22.9 Å². The predicted octanol–water partition coefficient (Wildman–Crippen LogP) is 4.54. The minimum atomic E-state index is -0.188. The first kappa shape index (κ1) is 20.4. The molecule has 28 heavy (non-hydrogen) atoms. The number of aromatic nitrogens is 1. The van der Waals surface area contributed by atoms with Gasteiger partial charge in [0.15, 0.2) is 5.78 Å². The fraction of sp³-hybridized carbons (Fsp3) is 0.364. The number of halogens is 1. The van der Waals surface area contributed by atoms with Crippen LogP contribution in [0.5, 0.6) is 0 Å². The second kappa shape index (κ2) is 7.95. The Morgan fingerprint density at radius 3 is 2.71 bits per heavy atom. The predicted molar refractivity (Wildman–Crippen MR) is 116 cm³/mol. The van der Waals surface area contributed by atoms with Crippen molar-refractivity contribution in [2.24, 2.45) is 5.73 Å². The van der Waals surface area contributed by atoms with Crippen molar-refractivity contribution in [3.63, 3.8) is 0 Å². The summed E-state index contributed by atoms with van der Waals surface area (Å²) in [7, 11) is 0. The first-order valence-corrected chi connectivity index (χ1v) is 10.3. The lowest BCUT2D eigenvalue weighted by molar-refractivity contribution is -0.115. The number of ketones is 1. The summed E-state index contributed by atoms with van der Waals surface area (Å²) in [6.45, 7) is 8.39. The van der Waals surface area contributed by atoms with Gasteiger partial charge in [0.05, 0.1) is 17.5 Å². The van der Waals surface area contributed by atoms with E-state index in [4.69, 9.17) is 5.73 Å². The number of nitrogens with one attached hydrogen (secondary N) is 1. The lowest BCUT2D eigenvalue weighted by Crippen LogP contribution is -2.30. The Labute approximate surface area is 173 Å². The van der Waals surface area contributed by atoms with Gasteiger partial charge in [-0.05, 0) is 56.5 Å². The van der Waals surface area contributed by atoms with E-state index in [1.165, 1.54) is 0 Å². The quantitative estimate of drug-likeness (QED) is 0.711. The van der Waals surface area contributed by atoms with Crippen LogP contribution in [0, 0.1) is 6.92 Å². The molecule has 0 spiro atoms. The standard InChI is InChI=1S/C22H26BrN3O2/c1-5-14(4)26-11-13(3)21-17(7-15(23)8-19(21)26)22(28)25-10-18-12(2)6-16(24)9-20(18)27/h6-8,11,14H,5,9-10,24H2,1-4H3,(H,25,28)/t14-/m1/s1. The number of nitrogens with two attached hydrogens (primary N) is 1. The van der Waals surface area contributed by atoms with Gasteiger partial charge >= 0.3 is 0 Å². The number of carbonyl (C=O) groups excluding carboxylic acids is 2. The third kappa shape index (κ3) is 3.78. The number of allylic oxidation sites excluding steroid dienone is 3. The van der Waals surface area contributed by atoms with E-state index in [1.807, 2.05) is 19.9 Å². The van der Waals surface area contributed by atoms with Gasteiger partial charge in [0, 0.05) is 39.9 Å². The van der Waals surface area contributed by atoms with Crippen LogP contribution in [0.25, 0.3) is 10.9 Å². The van der Waals surface area contributed by atoms with Crippen molar-refractivity contribution in [2.45, 2.75) is 46.6 Å². The average Bonchev–Trinajstić information content (AvgIpc) is 2.95. The van der Waals surface area contributed by atoms with Crippen LogP contribution in [-0.2, 0) is 4.79 Å². The molecule has 1 amide bonds. The zero-order valence-corrected chi connectivity index (χ0v) is 18.3. The Balaban J connectivity index is 1.95. The SMILES string of the molecule is CC[C@@H](C)n1cc(C)c2c(C(=O)NCC3=C(C)C=C(N)CC3=O)cc(Br)cc21. The molecule has 148 valence electrons. The third-order valence-corrected chi connectivity index (χ3v) is 5.86. The molecule has 6 heteroatoms. The van der Waals surface area contributed by atoms with Crippen LogP contribution in [0.15, 0.2) is 45.7 Å². The monoisotopic (exact) mass is 443 g/mol. The summed E-state index contributed by atoms with van der Waals surface area (Å²) in [4.78, 5) is 25.3. The number of carbonyl (C=O) groups is 2. The molecule has 5 nitrogen and oxygen atoms in total. The molecule has 0 unspecified atom stereocenters. The van der Waals surface area contributed by atoms with Gasteiger partial charge < -0.3 is 15.6 Å². The zero-order chi connectivity index (χ0) is 20.6. The van der Waals surface area contributed by atoms with Gasteiger partial charge in [-0.2, -0.15) is 0 Å². The minimum Gasteiger partial charge on any atom is -0.402 e. The summed E-state index contributed by atoms with van der Waals surface area (Å²) in [5.41, 5.74) is 10.5. The van der Waals surface area contributed by atoms with Crippen LogP contribution in [0.4, 0.5) is 0 Å². The normalized spacial score (nSPS) is 15.8. The van der Waals surface area contributed by atoms with Crippen molar-refractivity contribution < 1.29 is 9.59 Å². The van der Waals surface area contributed by atoms with Gasteiger partial charge in [0.2, 0.25) is 0 Å². The number of Topliss-reactive ketones (excluding diaryl/α,β-unsaturated/α-hetero) is 1. The largest absolute Gasteiger partial charge is 0.402 e. The van der Waals surface area contributed by atoms with Crippen molar-refractivity contribution in [3.8, 4) is 0 Å². The summed E-state index contributed by atoms with van der Waals surface area (Å²) in [6, 6.07) is 4.23. The Hall–Kier alpha value is -2.34. The lowest BCUT2D eigenvalue weighted by atomic mass is 9.95. The molecule has 1 aromatic heterocycles. The highest BCUT2D eigenvalue weighted by Gasteiger charge is 2.21. The highest BCUT2D eigenvalue weighted by molar-refractivity contribution is 9.10. The second-order valence-corrected chi connectivity index (χ2v) is 8.40. The van der Waals surface area contributed by atoms with Gasteiger partial charge in [-0.15, -0.1) is 0 Å². The maximum absolute atomic E-state index is 13.0. The molecular weight excluding hydrogens is 418 g/mol.